The van der Waals surface area contributed by atoms with Gasteiger partial charge in [0.05, 0.1) is 11.4 Å². The molecule has 8 heteroatoms. The molecule has 1 unspecified atom stereocenters. The number of hydrogen-bond acceptors (Lipinski definition) is 4. The van der Waals surface area contributed by atoms with Crippen molar-refractivity contribution in [2.45, 2.75) is 75.8 Å². The number of carbonyl (C=O) groups is 2. The molecule has 0 bridgehead atoms. The van der Waals surface area contributed by atoms with Crippen molar-refractivity contribution in [2.24, 2.45) is 0 Å². The first-order chi connectivity index (χ1) is 16.6. The van der Waals surface area contributed by atoms with Crippen LogP contribution in [0.15, 0.2) is 53.4 Å². The van der Waals surface area contributed by atoms with Crippen molar-refractivity contribution < 1.29 is 18.0 Å². The van der Waals surface area contributed by atoms with E-state index in [1.807, 2.05) is 32.0 Å². The fraction of sp³-hybridized carbons (Fsp3) is 0.481. The molecule has 188 valence electrons. The number of nitrogens with one attached hydrogen (secondary N) is 1. The Morgan fingerprint density at radius 3 is 2.29 bits per heavy atom. The van der Waals surface area contributed by atoms with Gasteiger partial charge in [0.15, 0.2) is 0 Å². The smallest absolute Gasteiger partial charge is 0.247 e. The van der Waals surface area contributed by atoms with Crippen LogP contribution in [0.3, 0.4) is 0 Å². The van der Waals surface area contributed by atoms with Crippen LogP contribution in [0.4, 0.5) is 5.69 Å². The first-order valence-corrected chi connectivity index (χ1v) is 13.8. The summed E-state index contributed by atoms with van der Waals surface area (Å²) in [5.41, 5.74) is 1.14. The van der Waals surface area contributed by atoms with Gasteiger partial charge < -0.3 is 5.32 Å². The van der Waals surface area contributed by atoms with Gasteiger partial charge in [-0.05, 0) is 62.9 Å². The molecule has 2 amide bonds. The third-order valence-corrected chi connectivity index (χ3v) is 9.22. The first kappa shape index (κ1) is 25.4. The maximum Gasteiger partial charge on any atom is 0.247 e. The highest BCUT2D eigenvalue weighted by atomic mass is 32.2. The van der Waals surface area contributed by atoms with Crippen LogP contribution in [0.5, 0.6) is 0 Å². The number of piperazine rings is 1. The number of aryl methyl sites for hydroxylation is 1. The fourth-order valence-corrected chi connectivity index (χ4v) is 6.70. The molecular formula is C27H35N3O4S. The van der Waals surface area contributed by atoms with E-state index < -0.39 is 21.5 Å². The van der Waals surface area contributed by atoms with Crippen molar-refractivity contribution in [3.63, 3.8) is 0 Å². The van der Waals surface area contributed by atoms with Crippen LogP contribution in [-0.4, -0.2) is 49.2 Å². The van der Waals surface area contributed by atoms with E-state index in [9.17, 15) is 18.0 Å². The third-order valence-electron chi connectivity index (χ3n) is 7.42. The van der Waals surface area contributed by atoms with E-state index in [0.29, 0.717) is 5.69 Å². The number of nitrogens with zero attached hydrogens (tertiary/aromatic N) is 2. The molecule has 2 fully saturated rings. The lowest BCUT2D eigenvalue weighted by Crippen LogP contribution is -2.70. The summed E-state index contributed by atoms with van der Waals surface area (Å²) in [5.74, 6) is -0.727. The van der Waals surface area contributed by atoms with E-state index in [2.05, 4.69) is 5.32 Å². The molecule has 35 heavy (non-hydrogen) atoms. The molecule has 1 saturated carbocycles. The Hall–Kier alpha value is -2.71. The molecule has 1 N–H and O–H groups in total. The lowest BCUT2D eigenvalue weighted by atomic mass is 9.92. The molecule has 1 atom stereocenters. The second-order valence-corrected chi connectivity index (χ2v) is 11.9. The van der Waals surface area contributed by atoms with Crippen molar-refractivity contribution >= 4 is 27.5 Å². The van der Waals surface area contributed by atoms with E-state index in [1.54, 1.807) is 25.1 Å². The number of amides is 2. The van der Waals surface area contributed by atoms with Gasteiger partial charge in [-0.2, -0.15) is 4.31 Å². The molecular weight excluding hydrogens is 462 g/mol. The van der Waals surface area contributed by atoms with Gasteiger partial charge in [0.1, 0.15) is 5.54 Å². The third kappa shape index (κ3) is 5.00. The second kappa shape index (κ2) is 10.1. The number of rotatable bonds is 5. The zero-order valence-electron chi connectivity index (χ0n) is 20.8. The topological polar surface area (TPSA) is 86.8 Å². The maximum absolute atomic E-state index is 13.9. The molecule has 7 nitrogen and oxygen atoms in total. The summed E-state index contributed by atoms with van der Waals surface area (Å²) in [5, 5.41) is 3.18. The van der Waals surface area contributed by atoms with E-state index in [4.69, 9.17) is 0 Å². The summed E-state index contributed by atoms with van der Waals surface area (Å²) in [4.78, 5) is 29.2. The molecule has 2 aliphatic rings. The first-order valence-electron chi connectivity index (χ1n) is 12.4. The molecule has 1 aliphatic heterocycles. The summed E-state index contributed by atoms with van der Waals surface area (Å²) in [6, 6.07) is 13.8. The zero-order valence-corrected chi connectivity index (χ0v) is 21.6. The zero-order chi connectivity index (χ0) is 25.2. The summed E-state index contributed by atoms with van der Waals surface area (Å²) >= 11 is 0. The maximum atomic E-state index is 13.9. The molecule has 1 aliphatic carbocycles. The monoisotopic (exact) mass is 497 g/mol. The Balaban J connectivity index is 1.74. The summed E-state index contributed by atoms with van der Waals surface area (Å²) in [6.07, 6.45) is 6.20. The van der Waals surface area contributed by atoms with Gasteiger partial charge in [-0.15, -0.1) is 0 Å². The quantitative estimate of drug-likeness (QED) is 0.634. The molecule has 0 radical (unpaired) electrons. The molecule has 1 heterocycles. The predicted molar refractivity (Wildman–Crippen MR) is 137 cm³/mol. The molecule has 2 aromatic rings. The molecule has 0 spiro atoms. The van der Waals surface area contributed by atoms with E-state index in [0.717, 1.165) is 54.0 Å². The molecule has 4 rings (SSSR count). The Kier molecular flexibility index (Phi) is 7.33. The van der Waals surface area contributed by atoms with Gasteiger partial charge >= 0.3 is 0 Å². The lowest BCUT2D eigenvalue weighted by molar-refractivity contribution is -0.133. The van der Waals surface area contributed by atoms with Crippen LogP contribution in [-0.2, 0) is 19.6 Å². The largest absolute Gasteiger partial charge is 0.351 e. The Labute approximate surface area is 208 Å². The summed E-state index contributed by atoms with van der Waals surface area (Å²) in [7, 11) is -3.96. The van der Waals surface area contributed by atoms with Crippen LogP contribution in [0.2, 0.25) is 0 Å². The van der Waals surface area contributed by atoms with Gasteiger partial charge in [0.25, 0.3) is 0 Å². The summed E-state index contributed by atoms with van der Waals surface area (Å²) < 4.78 is 28.1. The normalized spacial score (nSPS) is 22.6. The van der Waals surface area contributed by atoms with Gasteiger partial charge in [-0.25, -0.2) is 8.42 Å². The van der Waals surface area contributed by atoms with E-state index >= 15 is 0 Å². The van der Waals surface area contributed by atoms with Crippen LogP contribution in [0.1, 0.15) is 56.6 Å². The molecule has 0 aromatic heterocycles. The number of sulfonamides is 1. The molecule has 1 saturated heterocycles. The number of hydrogen-bond donors (Lipinski definition) is 1. The Morgan fingerprint density at radius 2 is 1.63 bits per heavy atom. The average molecular weight is 498 g/mol. The van der Waals surface area contributed by atoms with Crippen LogP contribution in [0.25, 0.3) is 0 Å². The fourth-order valence-electron chi connectivity index (χ4n) is 5.19. The van der Waals surface area contributed by atoms with Crippen LogP contribution >= 0.6 is 0 Å². The number of carbonyl (C=O) groups excluding carboxylic acids is 2. The summed E-state index contributed by atoms with van der Waals surface area (Å²) in [6.45, 7) is 5.13. The Bertz CT molecular complexity index is 1190. The second-order valence-electron chi connectivity index (χ2n) is 9.97. The number of benzene rings is 2. The highest BCUT2D eigenvalue weighted by molar-refractivity contribution is 7.89. The van der Waals surface area contributed by atoms with Crippen molar-refractivity contribution in [1.29, 1.82) is 0 Å². The van der Waals surface area contributed by atoms with E-state index in [-0.39, 0.29) is 29.9 Å². The molecule has 2 aromatic carbocycles. The highest BCUT2D eigenvalue weighted by Gasteiger charge is 2.51. The highest BCUT2D eigenvalue weighted by Crippen LogP contribution is 2.35. The van der Waals surface area contributed by atoms with Gasteiger partial charge in [-0.3, -0.25) is 14.5 Å². The van der Waals surface area contributed by atoms with Gasteiger partial charge in [0, 0.05) is 18.3 Å². The van der Waals surface area contributed by atoms with Crippen LogP contribution in [0, 0.1) is 13.8 Å². The van der Waals surface area contributed by atoms with Crippen molar-refractivity contribution in [2.75, 3.05) is 18.0 Å². The van der Waals surface area contributed by atoms with Crippen molar-refractivity contribution in [1.82, 2.24) is 9.62 Å². The van der Waals surface area contributed by atoms with Crippen LogP contribution < -0.4 is 10.2 Å². The van der Waals surface area contributed by atoms with Crippen molar-refractivity contribution in [3.8, 4) is 0 Å². The predicted octanol–water partition coefficient (Wildman–Crippen LogP) is 3.94. The lowest BCUT2D eigenvalue weighted by Gasteiger charge is -2.47. The minimum absolute atomic E-state index is 0.0264. The minimum Gasteiger partial charge on any atom is -0.351 e. The number of anilines is 1. The SMILES string of the molecule is Cc1cccc(N2C(=O)CN(S(=O)(=O)c3ccccc3)CC2(C)C(=O)NC2CCCCCC2)c1C. The Morgan fingerprint density at radius 1 is 0.971 bits per heavy atom. The van der Waals surface area contributed by atoms with Gasteiger partial charge in [0.2, 0.25) is 21.8 Å². The standard InChI is InChI=1S/C27H35N3O4S/c1-20-12-11-17-24(21(20)2)30-25(31)18-29(35(33,34)23-15-9-6-10-16-23)19-27(30,3)26(32)28-22-13-7-4-5-8-14-22/h6,9-12,15-17,22H,4-5,7-8,13-14,18-19H2,1-3H3,(H,28,32). The van der Waals surface area contributed by atoms with Crippen molar-refractivity contribution in [3.05, 3.63) is 59.7 Å². The van der Waals surface area contributed by atoms with E-state index in [1.165, 1.54) is 17.0 Å². The van der Waals surface area contributed by atoms with Gasteiger partial charge in [-0.1, -0.05) is 56.0 Å². The average Bonchev–Trinajstić information content (AvgIpc) is 3.10. The minimum atomic E-state index is -3.96.